The van der Waals surface area contributed by atoms with Crippen molar-refractivity contribution >= 4 is 0 Å². The summed E-state index contributed by atoms with van der Waals surface area (Å²) in [5, 5.41) is 10.4. The molecule has 1 aromatic heterocycles. The van der Waals surface area contributed by atoms with Gasteiger partial charge in [0.25, 0.3) is 5.88 Å². The van der Waals surface area contributed by atoms with Gasteiger partial charge in [0.15, 0.2) is 0 Å². The van der Waals surface area contributed by atoms with E-state index in [1.165, 1.54) is 0 Å². The van der Waals surface area contributed by atoms with Gasteiger partial charge in [-0.05, 0) is 0 Å². The summed E-state index contributed by atoms with van der Waals surface area (Å²) in [7, 11) is 1.59. The highest BCUT2D eigenvalue weighted by Crippen LogP contribution is 2.26. The fourth-order valence-electron chi connectivity index (χ4n) is 0.852. The summed E-state index contributed by atoms with van der Waals surface area (Å²) in [6.07, 6.45) is 0. The molecule has 0 saturated carbocycles. The van der Waals surface area contributed by atoms with Crippen molar-refractivity contribution in [3.63, 3.8) is 0 Å². The second-order valence-corrected chi connectivity index (χ2v) is 3.43. The van der Waals surface area contributed by atoms with Crippen molar-refractivity contribution in [2.24, 2.45) is 0 Å². The van der Waals surface area contributed by atoms with Gasteiger partial charge in [-0.25, -0.2) is 0 Å². The van der Waals surface area contributed by atoms with Gasteiger partial charge >= 0.3 is 0 Å². The van der Waals surface area contributed by atoms with Crippen molar-refractivity contribution in [2.75, 3.05) is 7.11 Å². The topological polar surface area (TPSA) is 50.8 Å². The molecule has 1 heterocycles. The molecule has 1 aromatic rings. The number of H-pyrrole nitrogens is 1. The van der Waals surface area contributed by atoms with Gasteiger partial charge in [-0.15, -0.1) is 5.10 Å². The van der Waals surface area contributed by atoms with Crippen LogP contribution in [0.2, 0.25) is 0 Å². The monoisotopic (exact) mass is 155 g/mol. The maximum absolute atomic E-state index is 5.01. The Bertz CT molecular complexity index is 236. The van der Waals surface area contributed by atoms with Gasteiger partial charge in [0.2, 0.25) is 0 Å². The first-order valence-electron chi connectivity index (χ1n) is 3.51. The maximum atomic E-state index is 5.01. The Balaban J connectivity index is 3.02. The van der Waals surface area contributed by atoms with Gasteiger partial charge in [-0.1, -0.05) is 20.8 Å². The summed E-state index contributed by atoms with van der Waals surface area (Å²) in [6, 6.07) is 0. The smallest absolute Gasteiger partial charge is 0.256 e. The first kappa shape index (κ1) is 8.04. The lowest BCUT2D eigenvalue weighted by molar-refractivity contribution is 0.381. The van der Waals surface area contributed by atoms with E-state index in [1.807, 2.05) is 0 Å². The Morgan fingerprint density at radius 1 is 1.27 bits per heavy atom. The lowest BCUT2D eigenvalue weighted by Crippen LogP contribution is -2.13. The number of nitrogens with one attached hydrogen (secondary N) is 1. The van der Waals surface area contributed by atoms with Crippen molar-refractivity contribution < 1.29 is 4.74 Å². The van der Waals surface area contributed by atoms with Crippen LogP contribution in [-0.4, -0.2) is 22.5 Å². The molecule has 62 valence electrons. The molecule has 0 aliphatic heterocycles. The van der Waals surface area contributed by atoms with Crippen LogP contribution in [0, 0.1) is 0 Å². The zero-order valence-corrected chi connectivity index (χ0v) is 7.30. The minimum Gasteiger partial charge on any atom is -0.479 e. The molecular weight excluding hydrogens is 142 g/mol. The Hall–Kier alpha value is -1.06. The molecule has 0 spiro atoms. The van der Waals surface area contributed by atoms with Crippen LogP contribution in [0.1, 0.15) is 26.5 Å². The molecule has 0 unspecified atom stereocenters. The van der Waals surface area contributed by atoms with Crippen LogP contribution in [0.25, 0.3) is 0 Å². The number of aromatic nitrogens is 3. The van der Waals surface area contributed by atoms with Crippen molar-refractivity contribution in [1.29, 1.82) is 0 Å². The SMILES string of the molecule is COc1n[nH]nc1C(C)(C)C. The van der Waals surface area contributed by atoms with E-state index in [-0.39, 0.29) is 5.41 Å². The number of nitrogens with zero attached hydrogens (tertiary/aromatic N) is 2. The normalized spacial score (nSPS) is 11.6. The highest BCUT2D eigenvalue weighted by molar-refractivity contribution is 5.22. The maximum Gasteiger partial charge on any atom is 0.256 e. The summed E-state index contributed by atoms with van der Waals surface area (Å²) in [5.74, 6) is 0.581. The zero-order valence-electron chi connectivity index (χ0n) is 7.30. The summed E-state index contributed by atoms with van der Waals surface area (Å²) in [6.45, 7) is 6.19. The van der Waals surface area contributed by atoms with Crippen molar-refractivity contribution in [1.82, 2.24) is 15.4 Å². The number of hydrogen-bond donors (Lipinski definition) is 1. The summed E-state index contributed by atoms with van der Waals surface area (Å²) >= 11 is 0. The van der Waals surface area contributed by atoms with Crippen LogP contribution in [0.15, 0.2) is 0 Å². The van der Waals surface area contributed by atoms with Gasteiger partial charge in [-0.2, -0.15) is 10.3 Å². The van der Waals surface area contributed by atoms with Gasteiger partial charge in [0.1, 0.15) is 5.69 Å². The van der Waals surface area contributed by atoms with Crippen LogP contribution < -0.4 is 4.74 Å². The Morgan fingerprint density at radius 3 is 2.27 bits per heavy atom. The number of aromatic amines is 1. The van der Waals surface area contributed by atoms with Crippen molar-refractivity contribution in [2.45, 2.75) is 26.2 Å². The van der Waals surface area contributed by atoms with E-state index >= 15 is 0 Å². The minimum atomic E-state index is -0.0155. The summed E-state index contributed by atoms with van der Waals surface area (Å²) in [4.78, 5) is 0. The summed E-state index contributed by atoms with van der Waals surface area (Å²) < 4.78 is 5.01. The highest BCUT2D eigenvalue weighted by Gasteiger charge is 2.22. The van der Waals surface area contributed by atoms with Crippen molar-refractivity contribution in [3.8, 4) is 5.88 Å². The Kier molecular flexibility index (Phi) is 1.85. The Labute approximate surface area is 66.0 Å². The second-order valence-electron chi connectivity index (χ2n) is 3.43. The van der Waals surface area contributed by atoms with E-state index in [4.69, 9.17) is 4.74 Å². The molecule has 0 radical (unpaired) electrons. The third-order valence-electron chi connectivity index (χ3n) is 1.42. The molecule has 0 bridgehead atoms. The van der Waals surface area contributed by atoms with Crippen LogP contribution in [0.5, 0.6) is 5.88 Å². The number of rotatable bonds is 1. The lowest BCUT2D eigenvalue weighted by atomic mass is 9.93. The third-order valence-corrected chi connectivity index (χ3v) is 1.42. The fourth-order valence-corrected chi connectivity index (χ4v) is 0.852. The van der Waals surface area contributed by atoms with E-state index in [9.17, 15) is 0 Å². The molecule has 4 nitrogen and oxygen atoms in total. The molecule has 0 amide bonds. The molecule has 0 atom stereocenters. The van der Waals surface area contributed by atoms with E-state index < -0.39 is 0 Å². The molecule has 1 N–H and O–H groups in total. The van der Waals surface area contributed by atoms with Crippen LogP contribution in [0.4, 0.5) is 0 Å². The molecule has 0 saturated heterocycles. The predicted molar refractivity (Wildman–Crippen MR) is 41.6 cm³/mol. The number of ether oxygens (including phenoxy) is 1. The van der Waals surface area contributed by atoms with Crippen molar-refractivity contribution in [3.05, 3.63) is 5.69 Å². The number of hydrogen-bond acceptors (Lipinski definition) is 3. The molecule has 0 aliphatic carbocycles. The van der Waals surface area contributed by atoms with E-state index in [1.54, 1.807) is 7.11 Å². The molecular formula is C7H13N3O. The molecule has 0 aromatic carbocycles. The molecule has 0 aliphatic rings. The van der Waals surface area contributed by atoms with Gasteiger partial charge in [0, 0.05) is 5.41 Å². The highest BCUT2D eigenvalue weighted by atomic mass is 16.5. The van der Waals surface area contributed by atoms with Gasteiger partial charge < -0.3 is 4.74 Å². The first-order chi connectivity index (χ1) is 5.05. The average molecular weight is 155 g/mol. The van der Waals surface area contributed by atoms with Gasteiger partial charge in [0.05, 0.1) is 7.11 Å². The minimum absolute atomic E-state index is 0.0155. The first-order valence-corrected chi connectivity index (χ1v) is 3.51. The standard InChI is InChI=1S/C7H13N3O/c1-7(2,3)5-6(11-4)9-10-8-5/h1-4H3,(H,8,9,10). The third kappa shape index (κ3) is 1.50. The van der Waals surface area contributed by atoms with Gasteiger partial charge in [-0.3, -0.25) is 0 Å². The van der Waals surface area contributed by atoms with E-state index in [0.29, 0.717) is 5.88 Å². The van der Waals surface area contributed by atoms with Crippen LogP contribution >= 0.6 is 0 Å². The predicted octanol–water partition coefficient (Wildman–Crippen LogP) is 1.11. The van der Waals surface area contributed by atoms with Crippen LogP contribution in [0.3, 0.4) is 0 Å². The summed E-state index contributed by atoms with van der Waals surface area (Å²) in [5.41, 5.74) is 0.846. The number of methoxy groups -OCH3 is 1. The molecule has 1 rings (SSSR count). The van der Waals surface area contributed by atoms with E-state index in [2.05, 4.69) is 36.2 Å². The lowest BCUT2D eigenvalue weighted by Gasteiger charge is -2.14. The quantitative estimate of drug-likeness (QED) is 0.661. The van der Waals surface area contributed by atoms with E-state index in [0.717, 1.165) is 5.69 Å². The fraction of sp³-hybridized carbons (Fsp3) is 0.714. The molecule has 4 heteroatoms. The largest absolute Gasteiger partial charge is 0.479 e. The average Bonchev–Trinajstić information content (AvgIpc) is 2.31. The zero-order chi connectivity index (χ0) is 8.48. The Morgan fingerprint density at radius 2 is 1.91 bits per heavy atom. The molecule has 11 heavy (non-hydrogen) atoms. The van der Waals surface area contributed by atoms with Crippen LogP contribution in [-0.2, 0) is 5.41 Å². The molecule has 0 fully saturated rings. The second kappa shape index (κ2) is 2.53.